The lowest BCUT2D eigenvalue weighted by atomic mass is 10.0. The molecule has 0 aromatic heterocycles. The minimum Gasteiger partial charge on any atom is -0.372 e. The molecule has 1 unspecified atom stereocenters. The second kappa shape index (κ2) is 6.35. The van der Waals surface area contributed by atoms with Crippen LogP contribution in [-0.4, -0.2) is 30.6 Å². The van der Waals surface area contributed by atoms with E-state index in [1.165, 1.54) is 29.7 Å². The number of nitrogens with zero attached hydrogens (tertiary/aromatic N) is 1. The lowest BCUT2D eigenvalue weighted by Crippen LogP contribution is -2.22. The molecule has 1 aromatic carbocycles. The van der Waals surface area contributed by atoms with Gasteiger partial charge in [0.25, 0.3) is 0 Å². The molecular weight excluding hydrogens is 222 g/mol. The average Bonchev–Trinajstić information content (AvgIpc) is 2.86. The molecule has 0 amide bonds. The standard InChI is InChI=1S/C16H25NO/c1-4-15-10-14(7-6-13(15)3)12-18-16-8-9-17(5-2)11-16/h6-7,10,16H,4-5,8-9,11-12H2,1-3H3. The number of hydrogen-bond donors (Lipinski definition) is 0. The van der Waals surface area contributed by atoms with Crippen molar-refractivity contribution in [2.24, 2.45) is 0 Å². The first kappa shape index (κ1) is 13.6. The zero-order valence-electron chi connectivity index (χ0n) is 11.9. The van der Waals surface area contributed by atoms with Gasteiger partial charge in [-0.1, -0.05) is 32.0 Å². The molecule has 0 bridgehead atoms. The highest BCUT2D eigenvalue weighted by molar-refractivity contribution is 5.30. The quantitative estimate of drug-likeness (QED) is 0.792. The molecule has 0 aliphatic carbocycles. The molecule has 0 N–H and O–H groups in total. The Morgan fingerprint density at radius 3 is 2.83 bits per heavy atom. The average molecular weight is 247 g/mol. The van der Waals surface area contributed by atoms with Crippen LogP contribution in [0.25, 0.3) is 0 Å². The summed E-state index contributed by atoms with van der Waals surface area (Å²) in [6.07, 6.45) is 2.71. The molecule has 2 nitrogen and oxygen atoms in total. The predicted octanol–water partition coefficient (Wildman–Crippen LogP) is 3.17. The third kappa shape index (κ3) is 3.33. The van der Waals surface area contributed by atoms with Crippen LogP contribution < -0.4 is 0 Å². The van der Waals surface area contributed by atoms with Gasteiger partial charge >= 0.3 is 0 Å². The number of benzene rings is 1. The first-order valence-electron chi connectivity index (χ1n) is 7.15. The lowest BCUT2D eigenvalue weighted by Gasteiger charge is -2.14. The summed E-state index contributed by atoms with van der Waals surface area (Å²) in [6, 6.07) is 6.70. The van der Waals surface area contributed by atoms with Crippen molar-refractivity contribution in [1.29, 1.82) is 0 Å². The van der Waals surface area contributed by atoms with E-state index < -0.39 is 0 Å². The maximum absolute atomic E-state index is 6.02. The first-order valence-corrected chi connectivity index (χ1v) is 7.15. The Balaban J connectivity index is 1.87. The minimum atomic E-state index is 0.427. The lowest BCUT2D eigenvalue weighted by molar-refractivity contribution is 0.0470. The number of likely N-dealkylation sites (N-methyl/N-ethyl adjacent to an activating group) is 1. The molecule has 1 aromatic rings. The number of hydrogen-bond acceptors (Lipinski definition) is 2. The maximum atomic E-state index is 6.02. The van der Waals surface area contributed by atoms with Crippen molar-refractivity contribution in [3.63, 3.8) is 0 Å². The molecule has 1 atom stereocenters. The summed E-state index contributed by atoms with van der Waals surface area (Å²) in [7, 11) is 0. The van der Waals surface area contributed by atoms with E-state index in [1.54, 1.807) is 0 Å². The van der Waals surface area contributed by atoms with Crippen LogP contribution in [0.5, 0.6) is 0 Å². The van der Waals surface area contributed by atoms with Crippen molar-refractivity contribution >= 4 is 0 Å². The smallest absolute Gasteiger partial charge is 0.0721 e. The zero-order chi connectivity index (χ0) is 13.0. The normalized spacial score (nSPS) is 20.5. The molecule has 0 radical (unpaired) electrons. The van der Waals surface area contributed by atoms with E-state index in [0.29, 0.717) is 6.10 Å². The number of likely N-dealkylation sites (tertiary alicyclic amines) is 1. The van der Waals surface area contributed by atoms with Crippen LogP contribution >= 0.6 is 0 Å². The molecule has 18 heavy (non-hydrogen) atoms. The highest BCUT2D eigenvalue weighted by atomic mass is 16.5. The van der Waals surface area contributed by atoms with E-state index in [9.17, 15) is 0 Å². The molecule has 0 spiro atoms. The highest BCUT2D eigenvalue weighted by Crippen LogP contribution is 2.16. The second-order valence-corrected chi connectivity index (χ2v) is 5.23. The van der Waals surface area contributed by atoms with E-state index in [2.05, 4.69) is 43.9 Å². The van der Waals surface area contributed by atoms with Gasteiger partial charge in [-0.3, -0.25) is 0 Å². The molecule has 0 saturated carbocycles. The Morgan fingerprint density at radius 2 is 2.17 bits per heavy atom. The number of aryl methyl sites for hydroxylation is 2. The molecule has 2 rings (SSSR count). The minimum absolute atomic E-state index is 0.427. The summed E-state index contributed by atoms with van der Waals surface area (Å²) >= 11 is 0. The van der Waals surface area contributed by atoms with E-state index in [-0.39, 0.29) is 0 Å². The van der Waals surface area contributed by atoms with Crippen LogP contribution in [0, 0.1) is 6.92 Å². The third-order valence-corrected chi connectivity index (χ3v) is 3.96. The second-order valence-electron chi connectivity index (χ2n) is 5.23. The Morgan fingerprint density at radius 1 is 1.33 bits per heavy atom. The van der Waals surface area contributed by atoms with Gasteiger partial charge in [0.1, 0.15) is 0 Å². The van der Waals surface area contributed by atoms with Crippen molar-refractivity contribution < 1.29 is 4.74 Å². The van der Waals surface area contributed by atoms with Crippen LogP contribution in [-0.2, 0) is 17.8 Å². The molecule has 1 heterocycles. The summed E-state index contributed by atoms with van der Waals surface area (Å²) in [4.78, 5) is 2.46. The largest absolute Gasteiger partial charge is 0.372 e. The Kier molecular flexibility index (Phi) is 4.79. The van der Waals surface area contributed by atoms with Crippen molar-refractivity contribution in [1.82, 2.24) is 4.90 Å². The van der Waals surface area contributed by atoms with Crippen molar-refractivity contribution in [3.8, 4) is 0 Å². The Hall–Kier alpha value is -0.860. The van der Waals surface area contributed by atoms with Gasteiger partial charge < -0.3 is 9.64 Å². The number of ether oxygens (including phenoxy) is 1. The number of rotatable bonds is 5. The molecule has 2 heteroatoms. The summed E-state index contributed by atoms with van der Waals surface area (Å²) in [5, 5.41) is 0. The Bertz CT molecular complexity index is 389. The van der Waals surface area contributed by atoms with Gasteiger partial charge in [-0.05, 0) is 43.0 Å². The Labute approximate surface area is 111 Å². The fourth-order valence-electron chi connectivity index (χ4n) is 2.63. The molecule has 1 fully saturated rings. The van der Waals surface area contributed by atoms with Gasteiger partial charge in [-0.15, -0.1) is 0 Å². The molecule has 1 aliphatic rings. The molecule has 1 aliphatic heterocycles. The van der Waals surface area contributed by atoms with Gasteiger partial charge in [0.05, 0.1) is 12.7 Å². The summed E-state index contributed by atoms with van der Waals surface area (Å²) in [6.45, 7) is 10.8. The summed E-state index contributed by atoms with van der Waals surface area (Å²) in [5.74, 6) is 0. The van der Waals surface area contributed by atoms with Crippen molar-refractivity contribution in [3.05, 3.63) is 34.9 Å². The highest BCUT2D eigenvalue weighted by Gasteiger charge is 2.21. The zero-order valence-corrected chi connectivity index (χ0v) is 11.9. The van der Waals surface area contributed by atoms with E-state index in [4.69, 9.17) is 4.74 Å². The van der Waals surface area contributed by atoms with Gasteiger partial charge in [-0.2, -0.15) is 0 Å². The van der Waals surface area contributed by atoms with Gasteiger partial charge in [-0.25, -0.2) is 0 Å². The monoisotopic (exact) mass is 247 g/mol. The topological polar surface area (TPSA) is 12.5 Å². The third-order valence-electron chi connectivity index (χ3n) is 3.96. The van der Waals surface area contributed by atoms with Gasteiger partial charge in [0, 0.05) is 13.1 Å². The van der Waals surface area contributed by atoms with Crippen LogP contribution in [0.3, 0.4) is 0 Å². The van der Waals surface area contributed by atoms with Crippen molar-refractivity contribution in [2.75, 3.05) is 19.6 Å². The SMILES string of the molecule is CCc1cc(COC2CCN(CC)C2)ccc1C. The van der Waals surface area contributed by atoms with E-state index >= 15 is 0 Å². The first-order chi connectivity index (χ1) is 8.72. The predicted molar refractivity (Wildman–Crippen MR) is 75.9 cm³/mol. The van der Waals surface area contributed by atoms with Crippen LogP contribution in [0.1, 0.15) is 37.0 Å². The molecule has 1 saturated heterocycles. The fraction of sp³-hybridized carbons (Fsp3) is 0.625. The summed E-state index contributed by atoms with van der Waals surface area (Å²) < 4.78 is 6.02. The van der Waals surface area contributed by atoms with Crippen LogP contribution in [0.4, 0.5) is 0 Å². The molecule has 100 valence electrons. The molecular formula is C16H25NO. The summed E-state index contributed by atoms with van der Waals surface area (Å²) in [5.41, 5.74) is 4.14. The maximum Gasteiger partial charge on any atom is 0.0721 e. The fourth-order valence-corrected chi connectivity index (χ4v) is 2.63. The van der Waals surface area contributed by atoms with Gasteiger partial charge in [0.15, 0.2) is 0 Å². The van der Waals surface area contributed by atoms with Crippen LogP contribution in [0.15, 0.2) is 18.2 Å². The van der Waals surface area contributed by atoms with E-state index in [0.717, 1.165) is 26.1 Å². The van der Waals surface area contributed by atoms with Crippen LogP contribution in [0.2, 0.25) is 0 Å². The van der Waals surface area contributed by atoms with E-state index in [1.807, 2.05) is 0 Å². The van der Waals surface area contributed by atoms with Crippen molar-refractivity contribution in [2.45, 2.75) is 46.3 Å². The van der Waals surface area contributed by atoms with Gasteiger partial charge in [0.2, 0.25) is 0 Å².